The van der Waals surface area contributed by atoms with Crippen LogP contribution in [0.5, 0.6) is 11.5 Å². The summed E-state index contributed by atoms with van der Waals surface area (Å²) in [5, 5.41) is 15.6. The van der Waals surface area contributed by atoms with Crippen molar-refractivity contribution in [1.82, 2.24) is 5.32 Å². The van der Waals surface area contributed by atoms with Gasteiger partial charge in [0.2, 0.25) is 0 Å². The second-order valence-corrected chi connectivity index (χ2v) is 5.21. The zero-order valence-electron chi connectivity index (χ0n) is 13.8. The summed E-state index contributed by atoms with van der Waals surface area (Å²) in [4.78, 5) is 10.9. The second-order valence-electron chi connectivity index (χ2n) is 5.21. The highest BCUT2D eigenvalue weighted by Crippen LogP contribution is 2.25. The summed E-state index contributed by atoms with van der Waals surface area (Å²) in [6.07, 6.45) is 0. The first kappa shape index (κ1) is 17.6. The van der Waals surface area contributed by atoms with Gasteiger partial charge < -0.3 is 25.2 Å². The Bertz CT molecular complexity index is 666. The van der Waals surface area contributed by atoms with Gasteiger partial charge in [0.1, 0.15) is 11.5 Å². The van der Waals surface area contributed by atoms with Crippen LogP contribution in [0.15, 0.2) is 42.5 Å². The standard InChI is InChI=1S/C18H22N2O4/c1-23-16-9-15(10-17(11-16)24-2)20-7-6-19-12-13-4-3-5-14(8-13)18(21)22/h3-5,8-11,19-20H,6-7,12H2,1-2H3,(H,21,22). The molecule has 0 saturated heterocycles. The van der Waals surface area contributed by atoms with Crippen LogP contribution in [0.3, 0.4) is 0 Å². The molecule has 2 aromatic rings. The summed E-state index contributed by atoms with van der Waals surface area (Å²) in [6, 6.07) is 12.5. The molecule has 0 unspecified atom stereocenters. The Labute approximate surface area is 141 Å². The van der Waals surface area contributed by atoms with Gasteiger partial charge in [0, 0.05) is 43.5 Å². The van der Waals surface area contributed by atoms with Crippen LogP contribution in [0, 0.1) is 0 Å². The molecular weight excluding hydrogens is 308 g/mol. The van der Waals surface area contributed by atoms with Gasteiger partial charge in [0.05, 0.1) is 19.8 Å². The average molecular weight is 330 g/mol. The SMILES string of the molecule is COc1cc(NCCNCc2cccc(C(=O)O)c2)cc(OC)c1. The van der Waals surface area contributed by atoms with E-state index in [9.17, 15) is 4.79 Å². The summed E-state index contributed by atoms with van der Waals surface area (Å²) in [5.41, 5.74) is 2.16. The number of hydrogen-bond acceptors (Lipinski definition) is 5. The van der Waals surface area contributed by atoms with Gasteiger partial charge in [0.15, 0.2) is 0 Å². The van der Waals surface area contributed by atoms with E-state index >= 15 is 0 Å². The molecule has 0 amide bonds. The van der Waals surface area contributed by atoms with Crippen molar-refractivity contribution in [2.45, 2.75) is 6.54 Å². The Morgan fingerprint density at radius 3 is 2.38 bits per heavy atom. The van der Waals surface area contributed by atoms with E-state index in [0.717, 1.165) is 35.8 Å². The Morgan fingerprint density at radius 2 is 1.75 bits per heavy atom. The summed E-state index contributed by atoms with van der Waals surface area (Å²) in [7, 11) is 3.23. The predicted octanol–water partition coefficient (Wildman–Crippen LogP) is 2.60. The van der Waals surface area contributed by atoms with Gasteiger partial charge in [-0.25, -0.2) is 4.79 Å². The Morgan fingerprint density at radius 1 is 1.04 bits per heavy atom. The van der Waals surface area contributed by atoms with E-state index in [1.165, 1.54) is 0 Å². The minimum atomic E-state index is -0.912. The minimum absolute atomic E-state index is 0.302. The predicted molar refractivity (Wildman–Crippen MR) is 93.1 cm³/mol. The molecule has 6 heteroatoms. The van der Waals surface area contributed by atoms with Crippen LogP contribution in [-0.4, -0.2) is 38.4 Å². The summed E-state index contributed by atoms with van der Waals surface area (Å²) >= 11 is 0. The van der Waals surface area contributed by atoms with E-state index in [2.05, 4.69) is 10.6 Å². The number of nitrogens with one attached hydrogen (secondary N) is 2. The third kappa shape index (κ3) is 5.17. The number of benzene rings is 2. The quantitative estimate of drug-likeness (QED) is 0.613. The maximum Gasteiger partial charge on any atom is 0.335 e. The average Bonchev–Trinajstić information content (AvgIpc) is 2.61. The molecule has 0 aliphatic carbocycles. The first-order chi connectivity index (χ1) is 11.6. The van der Waals surface area contributed by atoms with Crippen molar-refractivity contribution in [2.24, 2.45) is 0 Å². The summed E-state index contributed by atoms with van der Waals surface area (Å²) in [5.74, 6) is 0.552. The van der Waals surface area contributed by atoms with Crippen molar-refractivity contribution in [3.63, 3.8) is 0 Å². The molecule has 0 saturated carbocycles. The number of aromatic carboxylic acids is 1. The molecule has 0 atom stereocenters. The smallest absolute Gasteiger partial charge is 0.335 e. The zero-order chi connectivity index (χ0) is 17.4. The minimum Gasteiger partial charge on any atom is -0.497 e. The molecule has 24 heavy (non-hydrogen) atoms. The van der Waals surface area contributed by atoms with Gasteiger partial charge >= 0.3 is 5.97 Å². The monoisotopic (exact) mass is 330 g/mol. The Balaban J connectivity index is 1.79. The molecule has 0 heterocycles. The van der Waals surface area contributed by atoms with E-state index < -0.39 is 5.97 Å². The van der Waals surface area contributed by atoms with Crippen molar-refractivity contribution in [1.29, 1.82) is 0 Å². The van der Waals surface area contributed by atoms with E-state index in [-0.39, 0.29) is 0 Å². The highest BCUT2D eigenvalue weighted by Gasteiger charge is 2.03. The first-order valence-corrected chi connectivity index (χ1v) is 7.62. The van der Waals surface area contributed by atoms with Crippen LogP contribution in [-0.2, 0) is 6.54 Å². The zero-order valence-corrected chi connectivity index (χ0v) is 13.8. The lowest BCUT2D eigenvalue weighted by Crippen LogP contribution is -2.22. The Kier molecular flexibility index (Phi) is 6.45. The molecular formula is C18H22N2O4. The lowest BCUT2D eigenvalue weighted by atomic mass is 10.1. The molecule has 0 fully saturated rings. The number of carboxylic acid groups (broad SMARTS) is 1. The molecule has 0 aromatic heterocycles. The van der Waals surface area contributed by atoms with Crippen molar-refractivity contribution in [3.05, 3.63) is 53.6 Å². The van der Waals surface area contributed by atoms with Crippen molar-refractivity contribution in [2.75, 3.05) is 32.6 Å². The van der Waals surface area contributed by atoms with Gasteiger partial charge in [-0.3, -0.25) is 0 Å². The van der Waals surface area contributed by atoms with Gasteiger partial charge in [-0.2, -0.15) is 0 Å². The lowest BCUT2D eigenvalue weighted by molar-refractivity contribution is 0.0696. The summed E-state index contributed by atoms with van der Waals surface area (Å²) < 4.78 is 10.5. The van der Waals surface area contributed by atoms with Crippen LogP contribution in [0.1, 0.15) is 15.9 Å². The molecule has 0 aliphatic heterocycles. The van der Waals surface area contributed by atoms with Crippen LogP contribution < -0.4 is 20.1 Å². The lowest BCUT2D eigenvalue weighted by Gasteiger charge is -2.11. The summed E-state index contributed by atoms with van der Waals surface area (Å²) in [6.45, 7) is 2.07. The third-order valence-corrected chi connectivity index (χ3v) is 3.49. The molecule has 0 radical (unpaired) electrons. The molecule has 128 valence electrons. The maximum atomic E-state index is 10.9. The van der Waals surface area contributed by atoms with Crippen LogP contribution in [0.2, 0.25) is 0 Å². The van der Waals surface area contributed by atoms with E-state index in [1.807, 2.05) is 24.3 Å². The number of anilines is 1. The van der Waals surface area contributed by atoms with Gasteiger partial charge in [-0.1, -0.05) is 12.1 Å². The fourth-order valence-corrected chi connectivity index (χ4v) is 2.25. The van der Waals surface area contributed by atoms with Crippen molar-refractivity contribution < 1.29 is 19.4 Å². The molecule has 2 aromatic carbocycles. The van der Waals surface area contributed by atoms with E-state index in [4.69, 9.17) is 14.6 Å². The number of rotatable bonds is 9. The number of ether oxygens (including phenoxy) is 2. The fraction of sp³-hybridized carbons (Fsp3) is 0.278. The normalized spacial score (nSPS) is 10.2. The maximum absolute atomic E-state index is 10.9. The molecule has 6 nitrogen and oxygen atoms in total. The number of carbonyl (C=O) groups is 1. The van der Waals surface area contributed by atoms with Gasteiger partial charge in [-0.15, -0.1) is 0 Å². The number of methoxy groups -OCH3 is 2. The van der Waals surface area contributed by atoms with Crippen LogP contribution in [0.4, 0.5) is 5.69 Å². The Hall–Kier alpha value is -2.73. The molecule has 0 spiro atoms. The van der Waals surface area contributed by atoms with E-state index in [1.54, 1.807) is 32.4 Å². The second kappa shape index (κ2) is 8.79. The van der Waals surface area contributed by atoms with E-state index in [0.29, 0.717) is 12.1 Å². The van der Waals surface area contributed by atoms with Crippen LogP contribution >= 0.6 is 0 Å². The van der Waals surface area contributed by atoms with Crippen molar-refractivity contribution in [3.8, 4) is 11.5 Å². The number of carboxylic acids is 1. The highest BCUT2D eigenvalue weighted by molar-refractivity contribution is 5.87. The number of hydrogen-bond donors (Lipinski definition) is 3. The highest BCUT2D eigenvalue weighted by atomic mass is 16.5. The fourth-order valence-electron chi connectivity index (χ4n) is 2.25. The molecule has 2 rings (SSSR count). The topological polar surface area (TPSA) is 79.8 Å². The molecule has 3 N–H and O–H groups in total. The first-order valence-electron chi connectivity index (χ1n) is 7.62. The van der Waals surface area contributed by atoms with Gasteiger partial charge in [0.25, 0.3) is 0 Å². The van der Waals surface area contributed by atoms with Gasteiger partial charge in [-0.05, 0) is 17.7 Å². The molecule has 0 bridgehead atoms. The van der Waals surface area contributed by atoms with Crippen molar-refractivity contribution >= 4 is 11.7 Å². The molecule has 0 aliphatic rings. The third-order valence-electron chi connectivity index (χ3n) is 3.49. The largest absolute Gasteiger partial charge is 0.497 e. The van der Waals surface area contributed by atoms with Crippen LogP contribution in [0.25, 0.3) is 0 Å².